The number of nitrogens with zero attached hydrogens (tertiary/aromatic N) is 2. The Labute approximate surface area is 244 Å². The number of halogens is 18. The van der Waals surface area contributed by atoms with E-state index in [2.05, 4.69) is 0 Å². The van der Waals surface area contributed by atoms with Crippen LogP contribution in [0.5, 0.6) is 0 Å². The van der Waals surface area contributed by atoms with Crippen molar-refractivity contribution in [3.8, 4) is 0 Å². The normalized spacial score (nSPS) is 21.4. The van der Waals surface area contributed by atoms with Crippen LogP contribution in [0.15, 0.2) is 0 Å². The van der Waals surface area contributed by atoms with Crippen LogP contribution in [0.3, 0.4) is 0 Å². The van der Waals surface area contributed by atoms with Gasteiger partial charge in [-0.3, -0.25) is 9.80 Å². The molecule has 4 nitrogen and oxygen atoms in total. The summed E-state index contributed by atoms with van der Waals surface area (Å²) < 4.78 is 257. The van der Waals surface area contributed by atoms with Gasteiger partial charge in [0.1, 0.15) is 0 Å². The average Bonchev–Trinajstić information content (AvgIpc) is 2.89. The van der Waals surface area contributed by atoms with Crippen LogP contribution in [-0.4, -0.2) is 134 Å². The van der Waals surface area contributed by atoms with Crippen LogP contribution in [0, 0.1) is 0 Å². The van der Waals surface area contributed by atoms with E-state index in [1.165, 1.54) is 0 Å². The Kier molecular flexibility index (Phi) is 12.0. The highest BCUT2D eigenvalue weighted by atomic mass is 33.1. The minimum atomic E-state index is -7.43. The first-order chi connectivity index (χ1) is 19.7. The highest BCUT2D eigenvalue weighted by molar-refractivity contribution is 8.77. The van der Waals surface area contributed by atoms with Crippen molar-refractivity contribution in [2.75, 3.05) is 65.7 Å². The van der Waals surface area contributed by atoms with Gasteiger partial charge in [-0.15, -0.1) is 0 Å². The first kappa shape index (κ1) is 39.5. The molecule has 2 aliphatic rings. The lowest BCUT2D eigenvalue weighted by atomic mass is 10.00. The van der Waals surface area contributed by atoms with Gasteiger partial charge >= 0.3 is 47.9 Å². The molecule has 0 spiro atoms. The maximum atomic E-state index is 15.0. The smallest absolute Gasteiger partial charge is 0.379 e. The SMILES string of the molecule is FC(F)(F)C(F)(F)C(F)(F)C(F)(F)C(CN1CCOCC1)SSC(CN1CCOCC1)C(F)(F)C(F)(F)C(F)(F)C(F)(F)F. The molecule has 0 bridgehead atoms. The first-order valence-electron chi connectivity index (χ1n) is 12.0. The number of rotatable bonds is 13. The first-order valence-corrected chi connectivity index (χ1v) is 14.3. The van der Waals surface area contributed by atoms with Crippen LogP contribution in [0.1, 0.15) is 0 Å². The third kappa shape index (κ3) is 7.53. The van der Waals surface area contributed by atoms with Crippen molar-refractivity contribution in [3.63, 3.8) is 0 Å². The molecule has 2 unspecified atom stereocenters. The van der Waals surface area contributed by atoms with Crippen LogP contribution in [0.25, 0.3) is 0 Å². The molecule has 0 aromatic heterocycles. The van der Waals surface area contributed by atoms with Crippen LogP contribution in [-0.2, 0) is 9.47 Å². The molecular formula is C20H22F18N2O2S2. The molecule has 2 atom stereocenters. The van der Waals surface area contributed by atoms with Gasteiger partial charge in [-0.05, 0) is 0 Å². The Morgan fingerprint density at radius 3 is 0.909 bits per heavy atom. The molecule has 24 heteroatoms. The van der Waals surface area contributed by atoms with E-state index in [0.29, 0.717) is 0 Å². The maximum Gasteiger partial charge on any atom is 0.460 e. The molecule has 0 aromatic rings. The van der Waals surface area contributed by atoms with Crippen molar-refractivity contribution in [1.82, 2.24) is 9.80 Å². The standard InChI is InChI=1S/C20H22F18N2O2S2/c21-13(22,15(25,26)17(29,30)19(33,34)35)11(9-39-1-5-41-6-2-39)43-44-12(10-40-3-7-42-8-4-40)14(23,24)16(27,28)18(31,32)20(36,37)38/h11-12H,1-10H2. The zero-order valence-corrected chi connectivity index (χ0v) is 23.2. The molecule has 2 aliphatic heterocycles. The van der Waals surface area contributed by atoms with Gasteiger partial charge in [0.15, 0.2) is 0 Å². The molecule has 0 N–H and O–H groups in total. The summed E-state index contributed by atoms with van der Waals surface area (Å²) in [4.78, 5) is 1.47. The van der Waals surface area contributed by atoms with E-state index in [-0.39, 0.29) is 26.4 Å². The second-order valence-electron chi connectivity index (χ2n) is 9.53. The summed E-state index contributed by atoms with van der Waals surface area (Å²) in [7, 11) is -2.12. The predicted octanol–water partition coefficient (Wildman–Crippen LogP) is 6.71. The fourth-order valence-corrected chi connectivity index (χ4v) is 7.00. The second kappa shape index (κ2) is 13.4. The number of morpholine rings is 2. The number of alkyl halides is 18. The Balaban J connectivity index is 2.55. The topological polar surface area (TPSA) is 24.9 Å². The third-order valence-electron chi connectivity index (χ3n) is 6.49. The molecular weight excluding hydrogens is 706 g/mol. The van der Waals surface area contributed by atoms with Gasteiger partial charge in [0.2, 0.25) is 0 Å². The van der Waals surface area contributed by atoms with Crippen LogP contribution >= 0.6 is 21.6 Å². The Bertz CT molecular complexity index is 863. The number of ether oxygens (including phenoxy) is 2. The van der Waals surface area contributed by atoms with Crippen LogP contribution < -0.4 is 0 Å². The minimum absolute atomic E-state index is 0.318. The fraction of sp³-hybridized carbons (Fsp3) is 1.00. The molecule has 2 fully saturated rings. The van der Waals surface area contributed by atoms with E-state index in [9.17, 15) is 79.0 Å². The lowest BCUT2D eigenvalue weighted by Crippen LogP contribution is -2.66. The molecule has 2 rings (SSSR count). The quantitative estimate of drug-likeness (QED) is 0.155. The zero-order chi connectivity index (χ0) is 34.2. The Hall–Kier alpha value is -0.720. The summed E-state index contributed by atoms with van der Waals surface area (Å²) in [6, 6.07) is 0. The summed E-state index contributed by atoms with van der Waals surface area (Å²) in [5.74, 6) is -42.4. The summed E-state index contributed by atoms with van der Waals surface area (Å²) >= 11 is 0. The minimum Gasteiger partial charge on any atom is -0.379 e. The van der Waals surface area contributed by atoms with Crippen LogP contribution in [0.2, 0.25) is 0 Å². The highest BCUT2D eigenvalue weighted by Gasteiger charge is 2.84. The lowest BCUT2D eigenvalue weighted by molar-refractivity contribution is -0.396. The molecule has 2 saturated heterocycles. The molecule has 0 radical (unpaired) electrons. The van der Waals surface area contributed by atoms with Gasteiger partial charge in [0.25, 0.3) is 0 Å². The third-order valence-corrected chi connectivity index (χ3v) is 9.68. The van der Waals surface area contributed by atoms with Crippen molar-refractivity contribution in [2.45, 2.75) is 58.4 Å². The van der Waals surface area contributed by atoms with Gasteiger partial charge in [-0.2, -0.15) is 79.0 Å². The van der Waals surface area contributed by atoms with E-state index in [4.69, 9.17) is 9.47 Å². The van der Waals surface area contributed by atoms with Crippen molar-refractivity contribution < 1.29 is 88.5 Å². The number of hydrogen-bond donors (Lipinski definition) is 0. The average molecular weight is 729 g/mol. The van der Waals surface area contributed by atoms with E-state index in [1.807, 2.05) is 0 Å². The summed E-state index contributed by atoms with van der Waals surface area (Å²) in [5.41, 5.74) is 0. The zero-order valence-electron chi connectivity index (χ0n) is 21.6. The molecule has 0 amide bonds. The maximum absolute atomic E-state index is 15.0. The van der Waals surface area contributed by atoms with Gasteiger partial charge in [-0.25, -0.2) is 0 Å². The largest absolute Gasteiger partial charge is 0.460 e. The van der Waals surface area contributed by atoms with Gasteiger partial charge in [0.05, 0.1) is 36.9 Å². The Morgan fingerprint density at radius 1 is 0.432 bits per heavy atom. The molecule has 44 heavy (non-hydrogen) atoms. The van der Waals surface area contributed by atoms with Gasteiger partial charge in [0, 0.05) is 39.3 Å². The van der Waals surface area contributed by atoms with E-state index in [0.717, 1.165) is 9.80 Å². The fourth-order valence-electron chi connectivity index (χ4n) is 3.76. The van der Waals surface area contributed by atoms with Crippen LogP contribution in [0.4, 0.5) is 79.0 Å². The van der Waals surface area contributed by atoms with Gasteiger partial charge < -0.3 is 9.47 Å². The van der Waals surface area contributed by atoms with Crippen molar-refractivity contribution in [1.29, 1.82) is 0 Å². The molecule has 0 saturated carbocycles. The second-order valence-corrected chi connectivity index (χ2v) is 12.2. The van der Waals surface area contributed by atoms with Crippen molar-refractivity contribution in [2.24, 2.45) is 0 Å². The lowest BCUT2D eigenvalue weighted by Gasteiger charge is -2.41. The van der Waals surface area contributed by atoms with Gasteiger partial charge in [-0.1, -0.05) is 21.6 Å². The van der Waals surface area contributed by atoms with Crippen molar-refractivity contribution in [3.05, 3.63) is 0 Å². The highest BCUT2D eigenvalue weighted by Crippen LogP contribution is 2.60. The molecule has 262 valence electrons. The molecule has 2 heterocycles. The molecule has 0 aromatic carbocycles. The van der Waals surface area contributed by atoms with Crippen molar-refractivity contribution >= 4 is 21.6 Å². The van der Waals surface area contributed by atoms with E-state index in [1.54, 1.807) is 0 Å². The van der Waals surface area contributed by atoms with E-state index < -0.39 is 119 Å². The molecule has 0 aliphatic carbocycles. The summed E-state index contributed by atoms with van der Waals surface area (Å²) in [6.45, 7) is -6.20. The monoisotopic (exact) mass is 728 g/mol. The van der Waals surface area contributed by atoms with E-state index >= 15 is 0 Å². The predicted molar refractivity (Wildman–Crippen MR) is 119 cm³/mol. The number of hydrogen-bond acceptors (Lipinski definition) is 6. The summed E-state index contributed by atoms with van der Waals surface area (Å²) in [6.07, 6.45) is -14.6. The summed E-state index contributed by atoms with van der Waals surface area (Å²) in [5, 5.41) is -7.15. The Morgan fingerprint density at radius 2 is 0.682 bits per heavy atom.